The summed E-state index contributed by atoms with van der Waals surface area (Å²) in [5, 5.41) is 5.89. The summed E-state index contributed by atoms with van der Waals surface area (Å²) in [4.78, 5) is 11.8. The van der Waals surface area contributed by atoms with Gasteiger partial charge in [0.1, 0.15) is 6.04 Å². The summed E-state index contributed by atoms with van der Waals surface area (Å²) >= 11 is 0. The van der Waals surface area contributed by atoms with Crippen LogP contribution >= 0.6 is 0 Å². The SMILES string of the molecule is CNS(=O)(=O)c1ccc(NC2CCCNC2=O)cc1. The molecule has 1 saturated heterocycles. The first kappa shape index (κ1) is 13.8. The monoisotopic (exact) mass is 283 g/mol. The predicted molar refractivity (Wildman–Crippen MR) is 72.3 cm³/mol. The van der Waals surface area contributed by atoms with Crippen molar-refractivity contribution in [1.29, 1.82) is 0 Å². The molecule has 0 bridgehead atoms. The highest BCUT2D eigenvalue weighted by Gasteiger charge is 2.21. The third-order valence-electron chi connectivity index (χ3n) is 3.06. The highest BCUT2D eigenvalue weighted by molar-refractivity contribution is 7.89. The van der Waals surface area contributed by atoms with Gasteiger partial charge in [-0.1, -0.05) is 0 Å². The van der Waals surface area contributed by atoms with Gasteiger partial charge in [-0.05, 0) is 44.2 Å². The van der Waals surface area contributed by atoms with Gasteiger partial charge in [0.25, 0.3) is 0 Å². The Morgan fingerprint density at radius 3 is 2.53 bits per heavy atom. The van der Waals surface area contributed by atoms with Crippen LogP contribution in [0.15, 0.2) is 29.2 Å². The molecule has 1 aromatic rings. The predicted octanol–water partition coefficient (Wildman–Crippen LogP) is 0.285. The third kappa shape index (κ3) is 3.24. The first-order chi connectivity index (χ1) is 9.03. The summed E-state index contributed by atoms with van der Waals surface area (Å²) in [6.45, 7) is 0.719. The second-order valence-electron chi connectivity index (χ2n) is 4.36. The van der Waals surface area contributed by atoms with Crippen LogP contribution in [0.3, 0.4) is 0 Å². The number of amides is 1. The second kappa shape index (κ2) is 5.58. The van der Waals surface area contributed by atoms with Crippen molar-refractivity contribution in [2.75, 3.05) is 18.9 Å². The molecule has 104 valence electrons. The number of carbonyl (C=O) groups excluding carboxylic acids is 1. The zero-order valence-electron chi connectivity index (χ0n) is 10.6. The lowest BCUT2D eigenvalue weighted by Crippen LogP contribution is -2.44. The number of rotatable bonds is 4. The highest BCUT2D eigenvalue weighted by atomic mass is 32.2. The summed E-state index contributed by atoms with van der Waals surface area (Å²) in [6.07, 6.45) is 1.72. The molecule has 1 unspecified atom stereocenters. The molecule has 2 rings (SSSR count). The number of hydrogen-bond donors (Lipinski definition) is 3. The Kier molecular flexibility index (Phi) is 4.06. The molecule has 1 atom stereocenters. The lowest BCUT2D eigenvalue weighted by atomic mass is 10.1. The maximum Gasteiger partial charge on any atom is 0.242 e. The number of carbonyl (C=O) groups is 1. The maximum atomic E-state index is 11.6. The van der Waals surface area contributed by atoms with Crippen LogP contribution in [-0.4, -0.2) is 34.0 Å². The van der Waals surface area contributed by atoms with Gasteiger partial charge >= 0.3 is 0 Å². The van der Waals surface area contributed by atoms with Gasteiger partial charge in [0.15, 0.2) is 0 Å². The van der Waals surface area contributed by atoms with E-state index in [4.69, 9.17) is 0 Å². The van der Waals surface area contributed by atoms with E-state index < -0.39 is 10.0 Å². The van der Waals surface area contributed by atoms with Crippen LogP contribution in [0.1, 0.15) is 12.8 Å². The molecule has 1 aromatic carbocycles. The number of anilines is 1. The molecule has 0 aliphatic carbocycles. The molecule has 0 aromatic heterocycles. The van der Waals surface area contributed by atoms with Gasteiger partial charge in [-0.15, -0.1) is 0 Å². The van der Waals surface area contributed by atoms with Crippen molar-refractivity contribution >= 4 is 21.6 Å². The van der Waals surface area contributed by atoms with Crippen molar-refractivity contribution < 1.29 is 13.2 Å². The quantitative estimate of drug-likeness (QED) is 0.741. The molecule has 1 aliphatic heterocycles. The van der Waals surface area contributed by atoms with Crippen molar-refractivity contribution in [1.82, 2.24) is 10.0 Å². The molecular formula is C12H17N3O3S. The number of sulfonamides is 1. The van der Waals surface area contributed by atoms with E-state index in [0.717, 1.165) is 25.1 Å². The third-order valence-corrected chi connectivity index (χ3v) is 4.49. The average molecular weight is 283 g/mol. The van der Waals surface area contributed by atoms with Crippen molar-refractivity contribution in [3.63, 3.8) is 0 Å². The van der Waals surface area contributed by atoms with Crippen molar-refractivity contribution in [2.45, 2.75) is 23.8 Å². The standard InChI is InChI=1S/C12H17N3O3S/c1-13-19(17,18)10-6-4-9(5-7-10)15-11-3-2-8-14-12(11)16/h4-7,11,13,15H,2-3,8H2,1H3,(H,14,16). The number of nitrogens with one attached hydrogen (secondary N) is 3. The van der Waals surface area contributed by atoms with Gasteiger partial charge in [-0.25, -0.2) is 13.1 Å². The average Bonchev–Trinajstić information content (AvgIpc) is 2.42. The van der Waals surface area contributed by atoms with Gasteiger partial charge in [-0.3, -0.25) is 4.79 Å². The van der Waals surface area contributed by atoms with Gasteiger partial charge in [0.05, 0.1) is 4.90 Å². The summed E-state index contributed by atoms with van der Waals surface area (Å²) < 4.78 is 25.4. The van der Waals surface area contributed by atoms with Crippen LogP contribution in [0.4, 0.5) is 5.69 Å². The van der Waals surface area contributed by atoms with E-state index in [9.17, 15) is 13.2 Å². The lowest BCUT2D eigenvalue weighted by molar-refractivity contribution is -0.123. The van der Waals surface area contributed by atoms with E-state index in [2.05, 4.69) is 15.4 Å². The molecule has 0 radical (unpaired) electrons. The Morgan fingerprint density at radius 1 is 1.26 bits per heavy atom. The first-order valence-corrected chi connectivity index (χ1v) is 7.59. The minimum atomic E-state index is -3.42. The van der Waals surface area contributed by atoms with E-state index in [1.54, 1.807) is 12.1 Å². The molecule has 1 fully saturated rings. The molecule has 1 aliphatic rings. The smallest absolute Gasteiger partial charge is 0.242 e. The Balaban J connectivity index is 2.09. The summed E-state index contributed by atoms with van der Waals surface area (Å²) in [6, 6.07) is 6.09. The lowest BCUT2D eigenvalue weighted by Gasteiger charge is -2.23. The van der Waals surface area contributed by atoms with E-state index in [1.807, 2.05) is 0 Å². The first-order valence-electron chi connectivity index (χ1n) is 6.11. The maximum absolute atomic E-state index is 11.6. The van der Waals surface area contributed by atoms with Crippen molar-refractivity contribution in [3.05, 3.63) is 24.3 Å². The molecule has 0 saturated carbocycles. The molecule has 6 nitrogen and oxygen atoms in total. The van der Waals surface area contributed by atoms with Gasteiger partial charge in [0, 0.05) is 12.2 Å². The molecule has 7 heteroatoms. The highest BCUT2D eigenvalue weighted by Crippen LogP contribution is 2.16. The van der Waals surface area contributed by atoms with Crippen LogP contribution in [0, 0.1) is 0 Å². The molecule has 0 spiro atoms. The van der Waals surface area contributed by atoms with Crippen molar-refractivity contribution in [2.24, 2.45) is 0 Å². The normalized spacial score (nSPS) is 19.8. The van der Waals surface area contributed by atoms with Crippen molar-refractivity contribution in [3.8, 4) is 0 Å². The fourth-order valence-electron chi connectivity index (χ4n) is 1.96. The Labute approximate surface area is 112 Å². The van der Waals surface area contributed by atoms with Crippen LogP contribution in [0.5, 0.6) is 0 Å². The second-order valence-corrected chi connectivity index (χ2v) is 6.25. The van der Waals surface area contributed by atoms with Gasteiger partial charge < -0.3 is 10.6 Å². The zero-order valence-corrected chi connectivity index (χ0v) is 11.5. The molecule has 19 heavy (non-hydrogen) atoms. The number of hydrogen-bond acceptors (Lipinski definition) is 4. The largest absolute Gasteiger partial charge is 0.374 e. The molecule has 1 amide bonds. The topological polar surface area (TPSA) is 87.3 Å². The molecular weight excluding hydrogens is 266 g/mol. The summed E-state index contributed by atoms with van der Waals surface area (Å²) in [5.41, 5.74) is 0.733. The van der Waals surface area contributed by atoms with Crippen LogP contribution in [0.2, 0.25) is 0 Å². The zero-order chi connectivity index (χ0) is 13.9. The van der Waals surface area contributed by atoms with Crippen LogP contribution in [0.25, 0.3) is 0 Å². The molecule has 3 N–H and O–H groups in total. The Bertz CT molecular complexity index is 554. The minimum absolute atomic E-state index is 0.0156. The van der Waals surface area contributed by atoms with E-state index in [0.29, 0.717) is 0 Å². The minimum Gasteiger partial charge on any atom is -0.374 e. The fraction of sp³-hybridized carbons (Fsp3) is 0.417. The summed E-state index contributed by atoms with van der Waals surface area (Å²) in [7, 11) is -2.05. The van der Waals surface area contributed by atoms with Gasteiger partial charge in [-0.2, -0.15) is 0 Å². The Morgan fingerprint density at radius 2 is 1.95 bits per heavy atom. The fourth-order valence-corrected chi connectivity index (χ4v) is 2.69. The van der Waals surface area contributed by atoms with Crippen LogP contribution in [-0.2, 0) is 14.8 Å². The van der Waals surface area contributed by atoms with Crippen LogP contribution < -0.4 is 15.4 Å². The Hall–Kier alpha value is -1.60. The number of piperidine rings is 1. The number of benzene rings is 1. The molecule has 1 heterocycles. The van der Waals surface area contributed by atoms with Gasteiger partial charge in [0.2, 0.25) is 15.9 Å². The van der Waals surface area contributed by atoms with E-state index >= 15 is 0 Å². The van der Waals surface area contributed by atoms with E-state index in [-0.39, 0.29) is 16.8 Å². The van der Waals surface area contributed by atoms with E-state index in [1.165, 1.54) is 19.2 Å². The summed E-state index contributed by atoms with van der Waals surface area (Å²) in [5.74, 6) is -0.0156.